The molecule has 1 saturated heterocycles. The molecule has 124 valence electrons. The van der Waals surface area contributed by atoms with Crippen LogP contribution in [0.3, 0.4) is 0 Å². The number of amides is 1. The molecule has 0 aromatic carbocycles. The van der Waals surface area contributed by atoms with E-state index >= 15 is 0 Å². The minimum Gasteiger partial charge on any atom is -0.481 e. The number of carbonyl (C=O) groups is 3. The van der Waals surface area contributed by atoms with Crippen LogP contribution in [0.1, 0.15) is 33.6 Å². The molecule has 1 saturated carbocycles. The number of carbonyl (C=O) groups excluding carboxylic acids is 2. The van der Waals surface area contributed by atoms with Crippen LogP contribution in [0.2, 0.25) is 0 Å². The first-order chi connectivity index (χ1) is 10.1. The fourth-order valence-corrected chi connectivity index (χ4v) is 3.44. The molecule has 1 N–H and O–H groups in total. The van der Waals surface area contributed by atoms with Gasteiger partial charge in [0.15, 0.2) is 0 Å². The highest BCUT2D eigenvalue weighted by molar-refractivity contribution is 5.78. The molecule has 1 aliphatic heterocycles. The molecule has 2 fully saturated rings. The van der Waals surface area contributed by atoms with Gasteiger partial charge in [-0.3, -0.25) is 9.59 Å². The number of ether oxygens (including phenoxy) is 2. The number of aliphatic carboxylic acids is 1. The third kappa shape index (κ3) is 3.03. The van der Waals surface area contributed by atoms with Crippen molar-refractivity contribution in [2.45, 2.75) is 39.2 Å². The third-order valence-electron chi connectivity index (χ3n) is 4.44. The number of likely N-dealkylation sites (tertiary alicyclic amines) is 1. The van der Waals surface area contributed by atoms with Gasteiger partial charge in [0.1, 0.15) is 5.60 Å². The maximum atomic E-state index is 12.1. The number of hydrogen-bond acceptors (Lipinski definition) is 5. The first kappa shape index (κ1) is 16.6. The van der Waals surface area contributed by atoms with Gasteiger partial charge in [0.05, 0.1) is 18.9 Å². The zero-order valence-corrected chi connectivity index (χ0v) is 13.4. The molecule has 0 bridgehead atoms. The maximum Gasteiger partial charge on any atom is 0.410 e. The minimum atomic E-state index is -0.936. The molecule has 2 aliphatic rings. The number of hydrogen-bond donors (Lipinski definition) is 1. The number of nitrogens with zero attached hydrogens (tertiary/aromatic N) is 1. The van der Waals surface area contributed by atoms with E-state index in [9.17, 15) is 19.5 Å². The van der Waals surface area contributed by atoms with Crippen molar-refractivity contribution in [1.29, 1.82) is 0 Å². The number of esters is 1. The Kier molecular flexibility index (Phi) is 4.10. The lowest BCUT2D eigenvalue weighted by molar-refractivity contribution is -0.161. The zero-order chi connectivity index (χ0) is 16.7. The second-order valence-corrected chi connectivity index (χ2v) is 7.24. The van der Waals surface area contributed by atoms with Crippen LogP contribution in [0.25, 0.3) is 0 Å². The van der Waals surface area contributed by atoms with E-state index in [1.165, 1.54) is 12.0 Å². The van der Waals surface area contributed by atoms with Crippen LogP contribution < -0.4 is 0 Å². The fourth-order valence-electron chi connectivity index (χ4n) is 3.44. The molecule has 1 heterocycles. The zero-order valence-electron chi connectivity index (χ0n) is 13.4. The third-order valence-corrected chi connectivity index (χ3v) is 4.44. The fraction of sp³-hybridized carbons (Fsp3) is 0.800. The first-order valence-corrected chi connectivity index (χ1v) is 7.36. The Balaban J connectivity index is 2.07. The SMILES string of the molecule is COC(=O)C1CC2(C1)CN(C(=O)OC(C)(C)C)CC2C(=O)O. The normalized spacial score (nSPS) is 30.8. The summed E-state index contributed by atoms with van der Waals surface area (Å²) in [7, 11) is 1.32. The van der Waals surface area contributed by atoms with Crippen molar-refractivity contribution in [3.05, 3.63) is 0 Å². The predicted molar refractivity (Wildman–Crippen MR) is 76.1 cm³/mol. The molecule has 1 unspecified atom stereocenters. The molecular weight excluding hydrogens is 290 g/mol. The van der Waals surface area contributed by atoms with E-state index in [2.05, 4.69) is 0 Å². The van der Waals surface area contributed by atoms with Crippen LogP contribution in [0.4, 0.5) is 4.79 Å². The molecule has 0 aromatic rings. The van der Waals surface area contributed by atoms with Crippen LogP contribution in [0, 0.1) is 17.3 Å². The molecule has 0 aromatic heterocycles. The van der Waals surface area contributed by atoms with Gasteiger partial charge in [-0.1, -0.05) is 0 Å². The van der Waals surface area contributed by atoms with Crippen molar-refractivity contribution in [3.8, 4) is 0 Å². The Labute approximate surface area is 129 Å². The molecule has 22 heavy (non-hydrogen) atoms. The lowest BCUT2D eigenvalue weighted by atomic mass is 9.57. The largest absolute Gasteiger partial charge is 0.481 e. The number of carboxylic acids is 1. The van der Waals surface area contributed by atoms with Gasteiger partial charge in [0, 0.05) is 18.5 Å². The Morgan fingerprint density at radius 3 is 2.27 bits per heavy atom. The highest BCUT2D eigenvalue weighted by Crippen LogP contribution is 2.55. The molecule has 0 radical (unpaired) electrons. The summed E-state index contributed by atoms with van der Waals surface area (Å²) in [5.41, 5.74) is -1.17. The second kappa shape index (κ2) is 5.44. The van der Waals surface area contributed by atoms with Crippen LogP contribution in [-0.4, -0.2) is 53.8 Å². The van der Waals surface area contributed by atoms with Crippen LogP contribution >= 0.6 is 0 Å². The monoisotopic (exact) mass is 313 g/mol. The van der Waals surface area contributed by atoms with Crippen molar-refractivity contribution in [2.24, 2.45) is 17.3 Å². The van der Waals surface area contributed by atoms with Gasteiger partial charge < -0.3 is 19.5 Å². The Morgan fingerprint density at radius 1 is 1.23 bits per heavy atom. The molecule has 1 amide bonds. The molecular formula is C15H23NO6. The topological polar surface area (TPSA) is 93.1 Å². The molecule has 7 nitrogen and oxygen atoms in total. The maximum absolute atomic E-state index is 12.1. The second-order valence-electron chi connectivity index (χ2n) is 7.24. The number of rotatable bonds is 2. The van der Waals surface area contributed by atoms with E-state index in [4.69, 9.17) is 9.47 Å². The Morgan fingerprint density at radius 2 is 1.82 bits per heavy atom. The molecule has 1 atom stereocenters. The van der Waals surface area contributed by atoms with Crippen molar-refractivity contribution in [2.75, 3.05) is 20.2 Å². The summed E-state index contributed by atoms with van der Waals surface area (Å²) in [5.74, 6) is -2.19. The standard InChI is InChI=1S/C15H23NO6/c1-14(2,3)22-13(20)16-7-10(11(17)18)15(8-16)5-9(6-15)12(19)21-4/h9-10H,5-8H2,1-4H3,(H,17,18). The van der Waals surface area contributed by atoms with Crippen LogP contribution in [0.5, 0.6) is 0 Å². The molecule has 1 aliphatic carbocycles. The highest BCUT2D eigenvalue weighted by Gasteiger charge is 2.60. The van der Waals surface area contributed by atoms with Gasteiger partial charge in [0.2, 0.25) is 0 Å². The molecule has 7 heteroatoms. The van der Waals surface area contributed by atoms with Gasteiger partial charge in [0.25, 0.3) is 0 Å². The van der Waals surface area contributed by atoms with Gasteiger partial charge in [-0.25, -0.2) is 4.79 Å². The summed E-state index contributed by atoms with van der Waals surface area (Å²) in [6, 6.07) is 0. The average molecular weight is 313 g/mol. The summed E-state index contributed by atoms with van der Waals surface area (Å²) in [4.78, 5) is 36.6. The van der Waals surface area contributed by atoms with Gasteiger partial charge in [-0.15, -0.1) is 0 Å². The van der Waals surface area contributed by atoms with Gasteiger partial charge in [-0.2, -0.15) is 0 Å². The smallest absolute Gasteiger partial charge is 0.410 e. The Bertz CT molecular complexity index is 489. The van der Waals surface area contributed by atoms with Gasteiger partial charge in [-0.05, 0) is 33.6 Å². The van der Waals surface area contributed by atoms with Crippen molar-refractivity contribution < 1.29 is 29.0 Å². The van der Waals surface area contributed by atoms with Crippen molar-refractivity contribution in [1.82, 2.24) is 4.90 Å². The Hall–Kier alpha value is -1.79. The van der Waals surface area contributed by atoms with Crippen molar-refractivity contribution >= 4 is 18.0 Å². The summed E-state index contributed by atoms with van der Waals surface area (Å²) in [6.45, 7) is 5.73. The summed E-state index contributed by atoms with van der Waals surface area (Å²) < 4.78 is 10.0. The summed E-state index contributed by atoms with van der Waals surface area (Å²) in [5, 5.41) is 9.43. The molecule has 2 rings (SSSR count). The predicted octanol–water partition coefficient (Wildman–Crippen LogP) is 1.51. The number of methoxy groups -OCH3 is 1. The lowest BCUT2D eigenvalue weighted by Crippen LogP contribution is -2.49. The van der Waals surface area contributed by atoms with E-state index in [0.29, 0.717) is 19.4 Å². The quantitative estimate of drug-likeness (QED) is 0.777. The molecule has 1 spiro atoms. The van der Waals surface area contributed by atoms with E-state index < -0.39 is 29.0 Å². The summed E-state index contributed by atoms with van der Waals surface area (Å²) >= 11 is 0. The highest BCUT2D eigenvalue weighted by atomic mass is 16.6. The van der Waals surface area contributed by atoms with Gasteiger partial charge >= 0.3 is 18.0 Å². The van der Waals surface area contributed by atoms with Crippen LogP contribution in [-0.2, 0) is 19.1 Å². The first-order valence-electron chi connectivity index (χ1n) is 7.36. The lowest BCUT2D eigenvalue weighted by Gasteiger charge is -2.45. The van der Waals surface area contributed by atoms with Crippen molar-refractivity contribution in [3.63, 3.8) is 0 Å². The van der Waals surface area contributed by atoms with E-state index in [-0.39, 0.29) is 18.4 Å². The van der Waals surface area contributed by atoms with E-state index in [1.54, 1.807) is 20.8 Å². The average Bonchev–Trinajstić information content (AvgIpc) is 2.74. The minimum absolute atomic E-state index is 0.123. The van der Waals surface area contributed by atoms with E-state index in [0.717, 1.165) is 0 Å². The number of carboxylic acid groups (broad SMARTS) is 1. The van der Waals surface area contributed by atoms with E-state index in [1.807, 2.05) is 0 Å². The summed E-state index contributed by atoms with van der Waals surface area (Å²) in [6.07, 6.45) is 0.378. The van der Waals surface area contributed by atoms with Crippen LogP contribution in [0.15, 0.2) is 0 Å².